The van der Waals surface area contributed by atoms with Crippen LogP contribution >= 0.6 is 0 Å². The van der Waals surface area contributed by atoms with E-state index in [1.54, 1.807) is 18.3 Å². The highest BCUT2D eigenvalue weighted by Gasteiger charge is 2.20. The summed E-state index contributed by atoms with van der Waals surface area (Å²) in [6.07, 6.45) is 4.99. The van der Waals surface area contributed by atoms with Gasteiger partial charge in [0.25, 0.3) is 0 Å². The second-order valence-electron chi connectivity index (χ2n) is 8.86. The molecule has 2 N–H and O–H groups in total. The zero-order chi connectivity index (χ0) is 23.7. The van der Waals surface area contributed by atoms with Gasteiger partial charge in [-0.1, -0.05) is 58.7 Å². The minimum atomic E-state index is -0.381. The number of nitrogens with one attached hydrogen (secondary N) is 2. The molecule has 3 aromatic rings. The minimum absolute atomic E-state index is 0.0950. The molecule has 3 rings (SSSR count). The van der Waals surface area contributed by atoms with Crippen LogP contribution in [0, 0.1) is 0 Å². The van der Waals surface area contributed by atoms with E-state index >= 15 is 0 Å². The molecule has 0 aliphatic rings. The van der Waals surface area contributed by atoms with Crippen molar-refractivity contribution in [2.24, 2.45) is 0 Å². The van der Waals surface area contributed by atoms with E-state index in [1.807, 2.05) is 48.5 Å². The molecule has 6 heteroatoms. The number of carbonyl (C=O) groups excluding carboxylic acids is 1. The van der Waals surface area contributed by atoms with E-state index in [1.165, 1.54) is 0 Å². The highest BCUT2D eigenvalue weighted by Crippen LogP contribution is 2.35. The van der Waals surface area contributed by atoms with E-state index in [-0.39, 0.29) is 11.4 Å². The first kappa shape index (κ1) is 24.1. The maximum atomic E-state index is 12.6. The monoisotopic (exact) mass is 447 g/mol. The van der Waals surface area contributed by atoms with Gasteiger partial charge in [0.05, 0.1) is 6.61 Å². The molecule has 1 heterocycles. The van der Waals surface area contributed by atoms with Gasteiger partial charge < -0.3 is 20.1 Å². The number of urea groups is 1. The fourth-order valence-corrected chi connectivity index (χ4v) is 3.31. The third-order valence-electron chi connectivity index (χ3n) is 5.05. The molecule has 1 aromatic heterocycles. The molecule has 0 saturated heterocycles. The number of nitrogens with zero attached hydrogens (tertiary/aromatic N) is 1. The number of benzene rings is 2. The van der Waals surface area contributed by atoms with Gasteiger partial charge in [-0.25, -0.2) is 9.78 Å². The summed E-state index contributed by atoms with van der Waals surface area (Å²) in [5.74, 6) is 1.83. The van der Waals surface area contributed by atoms with Gasteiger partial charge in [-0.2, -0.15) is 0 Å². The summed E-state index contributed by atoms with van der Waals surface area (Å²) >= 11 is 0. The summed E-state index contributed by atoms with van der Waals surface area (Å²) in [4.78, 5) is 16.9. The predicted octanol–water partition coefficient (Wildman–Crippen LogP) is 7.38. The predicted molar refractivity (Wildman–Crippen MR) is 134 cm³/mol. The Kier molecular flexibility index (Phi) is 8.30. The van der Waals surface area contributed by atoms with Gasteiger partial charge in [0, 0.05) is 17.4 Å². The van der Waals surface area contributed by atoms with Gasteiger partial charge in [0.15, 0.2) is 0 Å². The van der Waals surface area contributed by atoms with Crippen molar-refractivity contribution in [3.63, 3.8) is 0 Å². The first-order valence-electron chi connectivity index (χ1n) is 11.4. The summed E-state index contributed by atoms with van der Waals surface area (Å²) in [6.45, 7) is 9.24. The number of pyridine rings is 1. The highest BCUT2D eigenvalue weighted by molar-refractivity contribution is 6.00. The molecule has 0 spiro atoms. The molecule has 0 aliphatic carbocycles. The van der Waals surface area contributed by atoms with Crippen molar-refractivity contribution in [2.45, 2.75) is 52.4 Å². The Labute approximate surface area is 196 Å². The largest absolute Gasteiger partial charge is 0.494 e. The lowest BCUT2D eigenvalue weighted by Gasteiger charge is -2.22. The SMILES string of the molecule is CCCCCOc1ccc(NC(=O)Nc2cccnc2Oc2ccccc2C(C)(C)C)cc1. The van der Waals surface area contributed by atoms with Gasteiger partial charge in [-0.05, 0) is 54.3 Å². The van der Waals surface area contributed by atoms with Crippen LogP contribution in [-0.2, 0) is 5.41 Å². The Morgan fingerprint density at radius 2 is 1.70 bits per heavy atom. The van der Waals surface area contributed by atoms with Crippen molar-refractivity contribution in [3.8, 4) is 17.4 Å². The number of hydrogen-bond acceptors (Lipinski definition) is 4. The van der Waals surface area contributed by atoms with Gasteiger partial charge in [-0.15, -0.1) is 0 Å². The van der Waals surface area contributed by atoms with Crippen LogP contribution in [0.25, 0.3) is 0 Å². The van der Waals surface area contributed by atoms with E-state index in [9.17, 15) is 4.79 Å². The van der Waals surface area contributed by atoms with E-state index in [0.717, 1.165) is 30.6 Å². The molecule has 2 amide bonds. The zero-order valence-electron chi connectivity index (χ0n) is 19.9. The molecule has 0 atom stereocenters. The first-order valence-corrected chi connectivity index (χ1v) is 11.4. The first-order chi connectivity index (χ1) is 15.9. The lowest BCUT2D eigenvalue weighted by molar-refractivity contribution is 0.262. The second-order valence-corrected chi connectivity index (χ2v) is 8.86. The van der Waals surface area contributed by atoms with Crippen LogP contribution < -0.4 is 20.1 Å². The fourth-order valence-electron chi connectivity index (χ4n) is 3.31. The summed E-state index contributed by atoms with van der Waals surface area (Å²) in [5.41, 5.74) is 2.11. The number of unbranched alkanes of at least 4 members (excludes halogenated alkanes) is 2. The maximum Gasteiger partial charge on any atom is 0.323 e. The molecule has 0 unspecified atom stereocenters. The van der Waals surface area contributed by atoms with Crippen molar-refractivity contribution >= 4 is 17.4 Å². The van der Waals surface area contributed by atoms with Crippen LogP contribution in [0.15, 0.2) is 66.9 Å². The number of amides is 2. The Hall–Kier alpha value is -3.54. The Balaban J connectivity index is 1.64. The Bertz CT molecular complexity index is 1040. The smallest absolute Gasteiger partial charge is 0.323 e. The number of rotatable bonds is 9. The summed E-state index contributed by atoms with van der Waals surface area (Å²) in [6, 6.07) is 18.3. The van der Waals surface area contributed by atoms with Gasteiger partial charge in [-0.3, -0.25) is 0 Å². The number of para-hydroxylation sites is 1. The van der Waals surface area contributed by atoms with Crippen LogP contribution in [0.3, 0.4) is 0 Å². The topological polar surface area (TPSA) is 72.5 Å². The van der Waals surface area contributed by atoms with Crippen molar-refractivity contribution in [1.82, 2.24) is 4.98 Å². The molecule has 0 radical (unpaired) electrons. The third-order valence-corrected chi connectivity index (χ3v) is 5.05. The normalized spacial score (nSPS) is 11.0. The molecule has 33 heavy (non-hydrogen) atoms. The van der Waals surface area contributed by atoms with Crippen molar-refractivity contribution in [3.05, 3.63) is 72.4 Å². The van der Waals surface area contributed by atoms with Crippen LogP contribution in [0.4, 0.5) is 16.2 Å². The summed E-state index contributed by atoms with van der Waals surface area (Å²) < 4.78 is 11.8. The average molecular weight is 448 g/mol. The Morgan fingerprint density at radius 3 is 2.42 bits per heavy atom. The zero-order valence-corrected chi connectivity index (χ0v) is 19.9. The Morgan fingerprint density at radius 1 is 0.939 bits per heavy atom. The molecule has 0 fully saturated rings. The van der Waals surface area contributed by atoms with Crippen LogP contribution in [-0.4, -0.2) is 17.6 Å². The highest BCUT2D eigenvalue weighted by atomic mass is 16.5. The number of ether oxygens (including phenoxy) is 2. The summed E-state index contributed by atoms with van der Waals surface area (Å²) in [7, 11) is 0. The lowest BCUT2D eigenvalue weighted by Crippen LogP contribution is -2.20. The maximum absolute atomic E-state index is 12.6. The molecule has 2 aromatic carbocycles. The quantitative estimate of drug-likeness (QED) is 0.336. The van der Waals surface area contributed by atoms with Gasteiger partial charge >= 0.3 is 6.03 Å². The van der Waals surface area contributed by atoms with Crippen molar-refractivity contribution in [1.29, 1.82) is 0 Å². The minimum Gasteiger partial charge on any atom is -0.494 e. The summed E-state index contributed by atoms with van der Waals surface area (Å²) in [5, 5.41) is 5.66. The molecule has 174 valence electrons. The molecule has 0 bridgehead atoms. The third kappa shape index (κ3) is 7.24. The fraction of sp³-hybridized carbons (Fsp3) is 0.333. The molecule has 0 aliphatic heterocycles. The van der Waals surface area contributed by atoms with Gasteiger partial charge in [0.1, 0.15) is 17.2 Å². The second kappa shape index (κ2) is 11.4. The standard InChI is InChI=1S/C27H33N3O3/c1-5-6-9-19-32-21-16-14-20(15-17-21)29-26(31)30-23-12-10-18-28-25(23)33-24-13-8-7-11-22(24)27(2,3)4/h7-8,10-18H,5-6,9,19H2,1-4H3,(H2,29,30,31). The number of hydrogen-bond donors (Lipinski definition) is 2. The molecule has 6 nitrogen and oxygen atoms in total. The van der Waals surface area contributed by atoms with E-state index in [2.05, 4.69) is 43.3 Å². The lowest BCUT2D eigenvalue weighted by atomic mass is 9.86. The van der Waals surface area contributed by atoms with Crippen LogP contribution in [0.2, 0.25) is 0 Å². The van der Waals surface area contributed by atoms with Crippen molar-refractivity contribution in [2.75, 3.05) is 17.2 Å². The molecular weight excluding hydrogens is 414 g/mol. The van der Waals surface area contributed by atoms with Gasteiger partial charge in [0.2, 0.25) is 5.88 Å². The van der Waals surface area contributed by atoms with E-state index in [4.69, 9.17) is 9.47 Å². The van der Waals surface area contributed by atoms with Crippen LogP contribution in [0.1, 0.15) is 52.5 Å². The van der Waals surface area contributed by atoms with E-state index in [0.29, 0.717) is 29.6 Å². The van der Waals surface area contributed by atoms with E-state index < -0.39 is 0 Å². The number of aromatic nitrogens is 1. The molecule has 0 saturated carbocycles. The van der Waals surface area contributed by atoms with Crippen LogP contribution in [0.5, 0.6) is 17.4 Å². The van der Waals surface area contributed by atoms with Crippen molar-refractivity contribution < 1.29 is 14.3 Å². The molecular formula is C27H33N3O3. The number of anilines is 2. The number of carbonyl (C=O) groups is 1. The average Bonchev–Trinajstić information content (AvgIpc) is 2.79.